The highest BCUT2D eigenvalue weighted by atomic mass is 32.1. The van der Waals surface area contributed by atoms with E-state index in [9.17, 15) is 0 Å². The molecule has 0 spiro atoms. The fourth-order valence-electron chi connectivity index (χ4n) is 2.79. The van der Waals surface area contributed by atoms with Gasteiger partial charge in [-0.2, -0.15) is 11.3 Å². The molecule has 1 N–H and O–H groups in total. The molecule has 1 aliphatic carbocycles. The lowest BCUT2D eigenvalue weighted by Crippen LogP contribution is -2.26. The molecule has 0 radical (unpaired) electrons. The smallest absolute Gasteiger partial charge is 0.0323 e. The number of nitrogens with one attached hydrogen (secondary N) is 1. The monoisotopic (exact) mass is 257 g/mol. The molecule has 1 aromatic heterocycles. The molecule has 18 heavy (non-hydrogen) atoms. The van der Waals surface area contributed by atoms with Crippen molar-refractivity contribution in [1.29, 1.82) is 0 Å². The topological polar surface area (TPSA) is 12.0 Å². The minimum Gasteiger partial charge on any atom is -0.310 e. The van der Waals surface area contributed by atoms with E-state index in [1.54, 1.807) is 11.3 Å². The third-order valence-corrected chi connectivity index (χ3v) is 4.49. The Morgan fingerprint density at radius 2 is 2.17 bits per heavy atom. The summed E-state index contributed by atoms with van der Waals surface area (Å²) in [5.74, 6) is 0. The van der Waals surface area contributed by atoms with E-state index in [0.717, 1.165) is 13.0 Å². The van der Waals surface area contributed by atoms with Crippen molar-refractivity contribution in [2.75, 3.05) is 6.54 Å². The largest absolute Gasteiger partial charge is 0.310 e. The van der Waals surface area contributed by atoms with Gasteiger partial charge in [0.2, 0.25) is 0 Å². The van der Waals surface area contributed by atoms with Crippen LogP contribution in [0.2, 0.25) is 0 Å². The van der Waals surface area contributed by atoms with Gasteiger partial charge in [0, 0.05) is 6.04 Å². The Morgan fingerprint density at radius 1 is 1.22 bits per heavy atom. The second kappa shape index (κ2) is 5.68. The van der Waals surface area contributed by atoms with E-state index in [1.165, 1.54) is 36.0 Å². The molecule has 0 fully saturated rings. The Kier molecular flexibility index (Phi) is 3.77. The van der Waals surface area contributed by atoms with Crippen LogP contribution in [0.3, 0.4) is 0 Å². The Bertz CT molecular complexity index is 490. The molecule has 0 saturated carbocycles. The number of hydrogen-bond acceptors (Lipinski definition) is 2. The van der Waals surface area contributed by atoms with Crippen molar-refractivity contribution in [3.8, 4) is 0 Å². The molecule has 3 rings (SSSR count). The van der Waals surface area contributed by atoms with Crippen LogP contribution in [0.5, 0.6) is 0 Å². The summed E-state index contributed by atoms with van der Waals surface area (Å²) in [5, 5.41) is 8.13. The molecule has 0 saturated heterocycles. The number of rotatable bonds is 4. The second-order valence-corrected chi connectivity index (χ2v) is 5.76. The lowest BCUT2D eigenvalue weighted by atomic mass is 9.88. The summed E-state index contributed by atoms with van der Waals surface area (Å²) in [6.07, 6.45) is 4.98. The zero-order valence-corrected chi connectivity index (χ0v) is 11.4. The number of benzene rings is 1. The van der Waals surface area contributed by atoms with Gasteiger partial charge in [0.25, 0.3) is 0 Å². The van der Waals surface area contributed by atoms with Crippen molar-refractivity contribution >= 4 is 11.3 Å². The third kappa shape index (κ3) is 2.65. The maximum Gasteiger partial charge on any atom is 0.0323 e. The van der Waals surface area contributed by atoms with Crippen molar-refractivity contribution in [2.24, 2.45) is 0 Å². The second-order valence-electron chi connectivity index (χ2n) is 4.98. The fraction of sp³-hybridized carbons (Fsp3) is 0.375. The average Bonchev–Trinajstić information content (AvgIpc) is 2.92. The van der Waals surface area contributed by atoms with Crippen LogP contribution in [0.4, 0.5) is 0 Å². The van der Waals surface area contributed by atoms with Crippen molar-refractivity contribution in [1.82, 2.24) is 5.32 Å². The molecule has 1 aliphatic rings. The van der Waals surface area contributed by atoms with Gasteiger partial charge in [-0.3, -0.25) is 0 Å². The summed E-state index contributed by atoms with van der Waals surface area (Å²) in [4.78, 5) is 0. The Morgan fingerprint density at radius 3 is 3.06 bits per heavy atom. The van der Waals surface area contributed by atoms with E-state index < -0.39 is 0 Å². The van der Waals surface area contributed by atoms with Crippen LogP contribution >= 0.6 is 11.3 Å². The SMILES string of the molecule is c1ccc2c(c1)CCCC2NCCc1ccsc1. The molecule has 1 atom stereocenters. The van der Waals surface area contributed by atoms with Gasteiger partial charge in [-0.05, 0) is 65.7 Å². The summed E-state index contributed by atoms with van der Waals surface area (Å²) < 4.78 is 0. The molecule has 94 valence electrons. The van der Waals surface area contributed by atoms with Crippen LogP contribution in [-0.2, 0) is 12.8 Å². The summed E-state index contributed by atoms with van der Waals surface area (Å²) in [7, 11) is 0. The van der Waals surface area contributed by atoms with Crippen LogP contribution in [0, 0.1) is 0 Å². The van der Waals surface area contributed by atoms with E-state index in [4.69, 9.17) is 0 Å². The van der Waals surface area contributed by atoms with Gasteiger partial charge in [0.1, 0.15) is 0 Å². The molecular formula is C16H19NS. The van der Waals surface area contributed by atoms with Crippen molar-refractivity contribution in [2.45, 2.75) is 31.7 Å². The molecule has 2 heteroatoms. The van der Waals surface area contributed by atoms with Gasteiger partial charge < -0.3 is 5.32 Å². The van der Waals surface area contributed by atoms with E-state index >= 15 is 0 Å². The first kappa shape index (κ1) is 11.9. The minimum atomic E-state index is 0.564. The van der Waals surface area contributed by atoms with Crippen LogP contribution < -0.4 is 5.32 Å². The molecule has 2 aromatic rings. The van der Waals surface area contributed by atoms with Gasteiger partial charge in [0.05, 0.1) is 0 Å². The summed E-state index contributed by atoms with van der Waals surface area (Å²) >= 11 is 1.79. The summed E-state index contributed by atoms with van der Waals surface area (Å²) in [5.41, 5.74) is 4.52. The van der Waals surface area contributed by atoms with Crippen molar-refractivity contribution in [3.05, 3.63) is 57.8 Å². The maximum atomic E-state index is 3.72. The molecule has 0 aliphatic heterocycles. The van der Waals surface area contributed by atoms with E-state index in [2.05, 4.69) is 46.4 Å². The lowest BCUT2D eigenvalue weighted by molar-refractivity contribution is 0.463. The molecule has 1 nitrogen and oxygen atoms in total. The zero-order chi connectivity index (χ0) is 12.2. The van der Waals surface area contributed by atoms with Gasteiger partial charge in [0.15, 0.2) is 0 Å². The Balaban J connectivity index is 1.60. The Labute approximate surface area is 113 Å². The minimum absolute atomic E-state index is 0.564. The summed E-state index contributed by atoms with van der Waals surface area (Å²) in [6, 6.07) is 11.7. The molecule has 1 aromatic carbocycles. The number of thiophene rings is 1. The first-order valence-corrected chi connectivity index (χ1v) is 7.70. The van der Waals surface area contributed by atoms with Crippen molar-refractivity contribution in [3.63, 3.8) is 0 Å². The normalized spacial score (nSPS) is 18.6. The van der Waals surface area contributed by atoms with E-state index in [1.807, 2.05) is 0 Å². The molecule has 0 bridgehead atoms. The molecule has 1 heterocycles. The van der Waals surface area contributed by atoms with Crippen LogP contribution in [0.25, 0.3) is 0 Å². The Hall–Kier alpha value is -1.12. The fourth-order valence-corrected chi connectivity index (χ4v) is 3.49. The third-order valence-electron chi connectivity index (χ3n) is 3.75. The lowest BCUT2D eigenvalue weighted by Gasteiger charge is -2.26. The quantitative estimate of drug-likeness (QED) is 0.874. The van der Waals surface area contributed by atoms with Gasteiger partial charge >= 0.3 is 0 Å². The van der Waals surface area contributed by atoms with Gasteiger partial charge in [-0.25, -0.2) is 0 Å². The predicted octanol–water partition coefficient (Wildman–Crippen LogP) is 3.96. The van der Waals surface area contributed by atoms with Crippen LogP contribution in [0.15, 0.2) is 41.1 Å². The highest BCUT2D eigenvalue weighted by molar-refractivity contribution is 7.07. The zero-order valence-electron chi connectivity index (χ0n) is 10.6. The standard InChI is InChI=1S/C16H19NS/c1-2-6-15-14(4-1)5-3-7-16(15)17-10-8-13-9-11-18-12-13/h1-2,4,6,9,11-12,16-17H,3,5,7-8,10H2. The number of fused-ring (bicyclic) bond motifs is 1. The van der Waals surface area contributed by atoms with Crippen molar-refractivity contribution < 1.29 is 0 Å². The average molecular weight is 257 g/mol. The first-order chi connectivity index (χ1) is 8.93. The number of aryl methyl sites for hydroxylation is 1. The molecule has 1 unspecified atom stereocenters. The summed E-state index contributed by atoms with van der Waals surface area (Å²) in [6.45, 7) is 1.08. The van der Waals surface area contributed by atoms with Gasteiger partial charge in [-0.15, -0.1) is 0 Å². The highest BCUT2D eigenvalue weighted by Crippen LogP contribution is 2.29. The molecule has 0 amide bonds. The number of hydrogen-bond donors (Lipinski definition) is 1. The maximum absolute atomic E-state index is 3.72. The van der Waals surface area contributed by atoms with E-state index in [-0.39, 0.29) is 0 Å². The predicted molar refractivity (Wildman–Crippen MR) is 78.1 cm³/mol. The van der Waals surface area contributed by atoms with Crippen LogP contribution in [0.1, 0.15) is 35.6 Å². The first-order valence-electron chi connectivity index (χ1n) is 6.76. The van der Waals surface area contributed by atoms with E-state index in [0.29, 0.717) is 6.04 Å². The van der Waals surface area contributed by atoms with Gasteiger partial charge in [-0.1, -0.05) is 24.3 Å². The molecular weight excluding hydrogens is 238 g/mol. The van der Waals surface area contributed by atoms with Crippen LogP contribution in [-0.4, -0.2) is 6.54 Å². The highest BCUT2D eigenvalue weighted by Gasteiger charge is 2.18.